The summed E-state index contributed by atoms with van der Waals surface area (Å²) in [4.78, 5) is 48.5. The second-order valence-electron chi connectivity index (χ2n) is 8.13. The van der Waals surface area contributed by atoms with Crippen molar-refractivity contribution >= 4 is 40.8 Å². The van der Waals surface area contributed by atoms with Crippen LogP contribution in [0.3, 0.4) is 0 Å². The molecule has 176 valence electrons. The van der Waals surface area contributed by atoms with Gasteiger partial charge in [-0.15, -0.1) is 11.8 Å². The molecule has 2 aromatic rings. The van der Waals surface area contributed by atoms with Crippen LogP contribution in [0.1, 0.15) is 38.1 Å². The summed E-state index contributed by atoms with van der Waals surface area (Å²) in [6.07, 6.45) is 0. The first kappa shape index (κ1) is 25.9. The van der Waals surface area contributed by atoms with E-state index in [0.717, 1.165) is 11.8 Å². The van der Waals surface area contributed by atoms with E-state index < -0.39 is 27.5 Å². The molecule has 33 heavy (non-hydrogen) atoms. The molecule has 0 aromatic heterocycles. The zero-order valence-corrected chi connectivity index (χ0v) is 19.9. The van der Waals surface area contributed by atoms with Gasteiger partial charge in [-0.1, -0.05) is 32.9 Å². The Balaban J connectivity index is 2.12. The molecule has 1 amide bonds. The van der Waals surface area contributed by atoms with Crippen molar-refractivity contribution in [2.75, 3.05) is 19.0 Å². The van der Waals surface area contributed by atoms with Gasteiger partial charge in [-0.25, -0.2) is 4.79 Å². The average molecular weight is 475 g/mol. The van der Waals surface area contributed by atoms with E-state index in [1.165, 1.54) is 25.3 Å². The predicted octanol–water partition coefficient (Wildman–Crippen LogP) is 4.49. The van der Waals surface area contributed by atoms with Crippen LogP contribution in [0.2, 0.25) is 0 Å². The van der Waals surface area contributed by atoms with Crippen molar-refractivity contribution in [3.63, 3.8) is 0 Å². The lowest BCUT2D eigenvalue weighted by atomic mass is 9.91. The van der Waals surface area contributed by atoms with E-state index in [4.69, 9.17) is 9.47 Å². The average Bonchev–Trinajstić information content (AvgIpc) is 2.76. The Labute approximate surface area is 196 Å². The van der Waals surface area contributed by atoms with Crippen LogP contribution < -0.4 is 10.1 Å². The highest BCUT2D eigenvalue weighted by atomic mass is 32.2. The van der Waals surface area contributed by atoms with Gasteiger partial charge in [0, 0.05) is 10.3 Å². The lowest BCUT2D eigenvalue weighted by Gasteiger charge is -2.17. The van der Waals surface area contributed by atoms with Gasteiger partial charge in [0.2, 0.25) is 5.91 Å². The molecule has 0 saturated heterocycles. The Morgan fingerprint density at radius 1 is 1.15 bits per heavy atom. The van der Waals surface area contributed by atoms with Crippen molar-refractivity contribution in [1.29, 1.82) is 0 Å². The van der Waals surface area contributed by atoms with E-state index in [9.17, 15) is 24.5 Å². The zero-order valence-electron chi connectivity index (χ0n) is 19.0. The standard InChI is InChI=1S/C23H26N2O7S/c1-14(21(27)24-17-11-10-15(31-5)12-18(17)25(29)30)33-19-9-7-6-8-16(19)22(28)32-13-20(26)23(2,3)4/h6-12,14H,13H2,1-5H3,(H,24,27)/t14-/m1/s1. The van der Waals surface area contributed by atoms with E-state index in [0.29, 0.717) is 10.6 Å². The Hall–Kier alpha value is -3.40. The Morgan fingerprint density at radius 2 is 1.82 bits per heavy atom. The van der Waals surface area contributed by atoms with E-state index >= 15 is 0 Å². The van der Waals surface area contributed by atoms with Crippen LogP contribution in [0.4, 0.5) is 11.4 Å². The molecular weight excluding hydrogens is 448 g/mol. The number of ether oxygens (including phenoxy) is 2. The van der Waals surface area contributed by atoms with Gasteiger partial charge in [0.1, 0.15) is 11.4 Å². The number of Topliss-reactive ketones (excluding diaryl/α,β-unsaturated/α-hetero) is 1. The number of thioether (sulfide) groups is 1. The summed E-state index contributed by atoms with van der Waals surface area (Å²) in [6, 6.07) is 10.7. The molecule has 1 N–H and O–H groups in total. The zero-order chi connectivity index (χ0) is 24.8. The Morgan fingerprint density at radius 3 is 2.42 bits per heavy atom. The highest BCUT2D eigenvalue weighted by molar-refractivity contribution is 8.00. The van der Waals surface area contributed by atoms with Gasteiger partial charge in [0.15, 0.2) is 12.4 Å². The molecule has 0 saturated carbocycles. The van der Waals surface area contributed by atoms with E-state index in [-0.39, 0.29) is 29.3 Å². The van der Waals surface area contributed by atoms with Gasteiger partial charge in [-0.3, -0.25) is 19.7 Å². The molecule has 2 rings (SSSR count). The molecule has 2 aromatic carbocycles. The predicted molar refractivity (Wildman–Crippen MR) is 125 cm³/mol. The second-order valence-corrected chi connectivity index (χ2v) is 9.52. The fourth-order valence-corrected chi connectivity index (χ4v) is 3.52. The molecular formula is C23H26N2O7S. The van der Waals surface area contributed by atoms with Crippen LogP contribution in [-0.4, -0.2) is 41.5 Å². The first-order valence-electron chi connectivity index (χ1n) is 10.0. The number of anilines is 1. The molecule has 0 bridgehead atoms. The monoisotopic (exact) mass is 474 g/mol. The number of hydrogen-bond acceptors (Lipinski definition) is 8. The fourth-order valence-electron chi connectivity index (χ4n) is 2.54. The van der Waals surface area contributed by atoms with Crippen molar-refractivity contribution in [3.05, 3.63) is 58.1 Å². The smallest absolute Gasteiger partial charge is 0.339 e. The second kappa shape index (κ2) is 11.0. The lowest BCUT2D eigenvalue weighted by Crippen LogP contribution is -2.26. The van der Waals surface area contributed by atoms with Gasteiger partial charge < -0.3 is 14.8 Å². The Bertz CT molecular complexity index is 1060. The molecule has 1 atom stereocenters. The summed E-state index contributed by atoms with van der Waals surface area (Å²) >= 11 is 1.10. The van der Waals surface area contributed by atoms with Gasteiger partial charge in [0.05, 0.1) is 28.9 Å². The molecule has 0 radical (unpaired) electrons. The van der Waals surface area contributed by atoms with Crippen LogP contribution in [-0.2, 0) is 14.3 Å². The molecule has 10 heteroatoms. The van der Waals surface area contributed by atoms with E-state index in [2.05, 4.69) is 5.32 Å². The number of methoxy groups -OCH3 is 1. The van der Waals surface area contributed by atoms with Gasteiger partial charge in [-0.2, -0.15) is 0 Å². The number of nitrogens with zero attached hydrogens (tertiary/aromatic N) is 1. The minimum absolute atomic E-state index is 0.0339. The number of amides is 1. The third-order valence-corrected chi connectivity index (χ3v) is 5.79. The SMILES string of the molecule is COc1ccc(NC(=O)[C@@H](C)Sc2ccccc2C(=O)OCC(=O)C(C)(C)C)c([N+](=O)[O-])c1. The number of hydrogen-bond donors (Lipinski definition) is 1. The van der Waals surface area contributed by atoms with E-state index in [1.807, 2.05) is 0 Å². The molecule has 0 fully saturated rings. The number of carbonyl (C=O) groups is 3. The Kier molecular flexibility index (Phi) is 8.58. The van der Waals surface area contributed by atoms with Crippen molar-refractivity contribution in [2.45, 2.75) is 37.8 Å². The summed E-state index contributed by atoms with van der Waals surface area (Å²) in [5.74, 6) is -1.08. The van der Waals surface area contributed by atoms with Crippen molar-refractivity contribution in [3.8, 4) is 5.75 Å². The van der Waals surface area contributed by atoms with Gasteiger partial charge in [-0.05, 0) is 31.2 Å². The lowest BCUT2D eigenvalue weighted by molar-refractivity contribution is -0.384. The summed E-state index contributed by atoms with van der Waals surface area (Å²) in [5.41, 5.74) is -0.677. The maximum absolute atomic E-state index is 12.7. The number of carbonyl (C=O) groups excluding carboxylic acids is 3. The number of nitrogens with one attached hydrogen (secondary N) is 1. The maximum atomic E-state index is 12.7. The maximum Gasteiger partial charge on any atom is 0.339 e. The van der Waals surface area contributed by atoms with Crippen LogP contribution in [0.25, 0.3) is 0 Å². The summed E-state index contributed by atoms with van der Waals surface area (Å²) in [6.45, 7) is 6.47. The third kappa shape index (κ3) is 7.04. The number of rotatable bonds is 9. The minimum atomic E-state index is -0.697. The van der Waals surface area contributed by atoms with Crippen molar-refractivity contribution < 1.29 is 28.8 Å². The number of nitro groups is 1. The third-order valence-electron chi connectivity index (χ3n) is 4.61. The highest BCUT2D eigenvalue weighted by Crippen LogP contribution is 2.32. The largest absolute Gasteiger partial charge is 0.496 e. The van der Waals surface area contributed by atoms with Crippen LogP contribution in [0, 0.1) is 15.5 Å². The number of esters is 1. The molecule has 0 unspecified atom stereocenters. The number of ketones is 1. The molecule has 0 heterocycles. The first-order valence-corrected chi connectivity index (χ1v) is 10.9. The van der Waals surface area contributed by atoms with Crippen LogP contribution in [0.15, 0.2) is 47.4 Å². The summed E-state index contributed by atoms with van der Waals surface area (Å²) < 4.78 is 10.2. The van der Waals surface area contributed by atoms with Crippen molar-refractivity contribution in [1.82, 2.24) is 0 Å². The summed E-state index contributed by atoms with van der Waals surface area (Å²) in [7, 11) is 1.39. The normalized spacial score (nSPS) is 11.9. The fraction of sp³-hybridized carbons (Fsp3) is 0.348. The molecule has 0 aliphatic carbocycles. The number of nitro benzene ring substituents is 1. The van der Waals surface area contributed by atoms with Gasteiger partial charge >= 0.3 is 5.97 Å². The quantitative estimate of drug-likeness (QED) is 0.244. The summed E-state index contributed by atoms with van der Waals surface area (Å²) in [5, 5.41) is 13.2. The van der Waals surface area contributed by atoms with Crippen LogP contribution in [0.5, 0.6) is 5.75 Å². The van der Waals surface area contributed by atoms with Crippen LogP contribution >= 0.6 is 11.8 Å². The minimum Gasteiger partial charge on any atom is -0.496 e. The topological polar surface area (TPSA) is 125 Å². The van der Waals surface area contributed by atoms with E-state index in [1.54, 1.807) is 52.0 Å². The van der Waals surface area contributed by atoms with Gasteiger partial charge in [0.25, 0.3) is 5.69 Å². The first-order chi connectivity index (χ1) is 15.4. The molecule has 9 nitrogen and oxygen atoms in total. The molecule has 0 spiro atoms. The molecule has 0 aliphatic heterocycles. The number of benzene rings is 2. The highest BCUT2D eigenvalue weighted by Gasteiger charge is 2.25. The molecule has 0 aliphatic rings. The van der Waals surface area contributed by atoms with Crippen molar-refractivity contribution in [2.24, 2.45) is 5.41 Å².